The van der Waals surface area contributed by atoms with Gasteiger partial charge in [0.05, 0.1) is 18.2 Å². The van der Waals surface area contributed by atoms with Crippen molar-refractivity contribution in [2.24, 2.45) is 0 Å². The maximum absolute atomic E-state index is 13.3. The number of aliphatic hydroxyl groups is 1. The van der Waals surface area contributed by atoms with Crippen LogP contribution in [0, 0.1) is 6.92 Å². The molecule has 0 bridgehead atoms. The van der Waals surface area contributed by atoms with Crippen LogP contribution in [0.4, 0.5) is 5.69 Å². The molecule has 1 heterocycles. The number of likely N-dealkylation sites (tertiary alicyclic amines) is 1. The van der Waals surface area contributed by atoms with Crippen LogP contribution in [0.3, 0.4) is 0 Å². The van der Waals surface area contributed by atoms with E-state index in [0.29, 0.717) is 17.9 Å². The van der Waals surface area contributed by atoms with Crippen LogP contribution in [0.15, 0.2) is 78.4 Å². The summed E-state index contributed by atoms with van der Waals surface area (Å²) in [7, 11) is 3.90. The molecule has 35 heavy (non-hydrogen) atoms. The van der Waals surface area contributed by atoms with Crippen molar-refractivity contribution in [3.8, 4) is 5.75 Å². The van der Waals surface area contributed by atoms with Crippen LogP contribution in [0.2, 0.25) is 0 Å². The number of carbonyl (C=O) groups is 2. The number of ether oxygens (including phenoxy) is 1. The summed E-state index contributed by atoms with van der Waals surface area (Å²) in [5.41, 5.74) is 4.22. The summed E-state index contributed by atoms with van der Waals surface area (Å²) >= 11 is 0. The summed E-state index contributed by atoms with van der Waals surface area (Å²) in [5, 5.41) is 11.2. The Bertz CT molecular complexity index is 1260. The fourth-order valence-electron chi connectivity index (χ4n) is 4.31. The van der Waals surface area contributed by atoms with Crippen molar-refractivity contribution in [1.82, 2.24) is 4.90 Å². The lowest BCUT2D eigenvalue weighted by atomic mass is 9.94. The fourth-order valence-corrected chi connectivity index (χ4v) is 4.31. The Morgan fingerprint density at radius 1 is 1.00 bits per heavy atom. The molecule has 6 nitrogen and oxygen atoms in total. The van der Waals surface area contributed by atoms with Crippen molar-refractivity contribution in [3.63, 3.8) is 0 Å². The highest BCUT2D eigenvalue weighted by Gasteiger charge is 2.46. The molecule has 0 aromatic heterocycles. The van der Waals surface area contributed by atoms with Gasteiger partial charge in [0.2, 0.25) is 0 Å². The van der Waals surface area contributed by atoms with Crippen molar-refractivity contribution >= 4 is 23.1 Å². The highest BCUT2D eigenvalue weighted by Crippen LogP contribution is 2.40. The van der Waals surface area contributed by atoms with Gasteiger partial charge in [0.15, 0.2) is 0 Å². The highest BCUT2D eigenvalue weighted by atomic mass is 16.5. The number of aliphatic hydroxyl groups excluding tert-OH is 1. The van der Waals surface area contributed by atoms with Crippen LogP contribution in [0.5, 0.6) is 5.75 Å². The van der Waals surface area contributed by atoms with Crippen LogP contribution in [0.1, 0.15) is 35.2 Å². The molecule has 0 radical (unpaired) electrons. The van der Waals surface area contributed by atoms with Gasteiger partial charge in [-0.1, -0.05) is 54.1 Å². The minimum Gasteiger partial charge on any atom is -0.507 e. The van der Waals surface area contributed by atoms with Crippen LogP contribution in [-0.2, 0) is 16.1 Å². The second-order valence-corrected chi connectivity index (χ2v) is 8.86. The van der Waals surface area contributed by atoms with Crippen LogP contribution in [-0.4, -0.2) is 42.4 Å². The predicted molar refractivity (Wildman–Crippen MR) is 137 cm³/mol. The van der Waals surface area contributed by atoms with Gasteiger partial charge in [0.1, 0.15) is 11.5 Å². The molecule has 0 aliphatic carbocycles. The number of aryl methyl sites for hydroxylation is 1. The Balaban J connectivity index is 1.82. The summed E-state index contributed by atoms with van der Waals surface area (Å²) in [6.45, 7) is 4.60. The number of ketones is 1. The zero-order valence-electron chi connectivity index (χ0n) is 20.5. The number of amides is 1. The first-order valence-corrected chi connectivity index (χ1v) is 11.6. The largest absolute Gasteiger partial charge is 0.507 e. The van der Waals surface area contributed by atoms with E-state index in [-0.39, 0.29) is 17.9 Å². The molecular weight excluding hydrogens is 440 g/mol. The third-order valence-corrected chi connectivity index (χ3v) is 6.15. The molecule has 3 aromatic rings. The van der Waals surface area contributed by atoms with E-state index in [0.717, 1.165) is 22.4 Å². The normalized spacial score (nSPS) is 17.0. The Kier molecular flexibility index (Phi) is 6.92. The Morgan fingerprint density at radius 3 is 2.31 bits per heavy atom. The Morgan fingerprint density at radius 2 is 1.69 bits per heavy atom. The second-order valence-electron chi connectivity index (χ2n) is 8.86. The van der Waals surface area contributed by atoms with E-state index in [1.54, 1.807) is 12.1 Å². The number of rotatable bonds is 7. The third-order valence-electron chi connectivity index (χ3n) is 6.15. The van der Waals surface area contributed by atoms with Gasteiger partial charge >= 0.3 is 0 Å². The number of benzene rings is 3. The van der Waals surface area contributed by atoms with Gasteiger partial charge in [-0.25, -0.2) is 0 Å². The number of carbonyl (C=O) groups excluding carboxylic acids is 2. The van der Waals surface area contributed by atoms with Crippen molar-refractivity contribution in [2.45, 2.75) is 26.4 Å². The summed E-state index contributed by atoms with van der Waals surface area (Å²) < 4.78 is 5.61. The summed E-state index contributed by atoms with van der Waals surface area (Å²) in [4.78, 5) is 30.0. The number of Topliss-reactive ketones (excluding diaryl/α,β-unsaturated/α-hetero) is 1. The van der Waals surface area contributed by atoms with Gasteiger partial charge < -0.3 is 19.6 Å². The molecule has 1 saturated heterocycles. The molecule has 1 unspecified atom stereocenters. The molecule has 1 amide bonds. The molecule has 3 aromatic carbocycles. The Labute approximate surface area is 206 Å². The van der Waals surface area contributed by atoms with Gasteiger partial charge in [-0.05, 0) is 49.2 Å². The quantitative estimate of drug-likeness (QED) is 0.296. The summed E-state index contributed by atoms with van der Waals surface area (Å²) in [5.74, 6) is -0.795. The fraction of sp³-hybridized carbons (Fsp3) is 0.241. The van der Waals surface area contributed by atoms with Gasteiger partial charge in [-0.2, -0.15) is 0 Å². The van der Waals surface area contributed by atoms with E-state index < -0.39 is 17.7 Å². The van der Waals surface area contributed by atoms with Crippen molar-refractivity contribution in [3.05, 3.63) is 101 Å². The molecule has 1 N–H and O–H groups in total. The lowest BCUT2D eigenvalue weighted by molar-refractivity contribution is -0.140. The lowest BCUT2D eigenvalue weighted by Gasteiger charge is -2.26. The van der Waals surface area contributed by atoms with Gasteiger partial charge in [0.25, 0.3) is 11.7 Å². The molecule has 6 heteroatoms. The molecular formula is C29H30N2O4. The molecule has 1 atom stereocenters. The average Bonchev–Trinajstić information content (AvgIpc) is 3.09. The predicted octanol–water partition coefficient (Wildman–Crippen LogP) is 5.08. The van der Waals surface area contributed by atoms with E-state index in [9.17, 15) is 14.7 Å². The molecule has 1 fully saturated rings. The second kappa shape index (κ2) is 10.1. The van der Waals surface area contributed by atoms with Crippen LogP contribution in [0.25, 0.3) is 5.76 Å². The first-order valence-electron chi connectivity index (χ1n) is 11.6. The first kappa shape index (κ1) is 24.1. The summed E-state index contributed by atoms with van der Waals surface area (Å²) in [6.07, 6.45) is 0. The molecule has 1 aliphatic rings. The van der Waals surface area contributed by atoms with Gasteiger partial charge in [-0.3, -0.25) is 9.59 Å². The highest BCUT2D eigenvalue weighted by molar-refractivity contribution is 6.46. The maximum atomic E-state index is 13.3. The van der Waals surface area contributed by atoms with Crippen molar-refractivity contribution < 1.29 is 19.4 Å². The summed E-state index contributed by atoms with van der Waals surface area (Å²) in [6, 6.07) is 21.7. The van der Waals surface area contributed by atoms with E-state index in [1.807, 2.05) is 93.5 Å². The topological polar surface area (TPSA) is 70.1 Å². The minimum atomic E-state index is -0.719. The molecule has 0 saturated carbocycles. The van der Waals surface area contributed by atoms with Gasteiger partial charge in [-0.15, -0.1) is 0 Å². The van der Waals surface area contributed by atoms with Gasteiger partial charge in [0, 0.05) is 31.9 Å². The maximum Gasteiger partial charge on any atom is 0.295 e. The lowest BCUT2D eigenvalue weighted by Crippen LogP contribution is -2.29. The monoisotopic (exact) mass is 470 g/mol. The number of anilines is 1. The number of hydrogen-bond donors (Lipinski definition) is 1. The van der Waals surface area contributed by atoms with E-state index in [1.165, 1.54) is 4.90 Å². The molecule has 0 spiro atoms. The van der Waals surface area contributed by atoms with Crippen molar-refractivity contribution in [1.29, 1.82) is 0 Å². The minimum absolute atomic E-state index is 0.0948. The van der Waals surface area contributed by atoms with Crippen LogP contribution >= 0.6 is 0 Å². The van der Waals surface area contributed by atoms with Crippen molar-refractivity contribution in [2.75, 3.05) is 25.6 Å². The smallest absolute Gasteiger partial charge is 0.295 e. The molecule has 4 rings (SSSR count). The molecule has 180 valence electrons. The van der Waals surface area contributed by atoms with E-state index in [4.69, 9.17) is 4.74 Å². The number of nitrogens with zero attached hydrogens (tertiary/aromatic N) is 2. The zero-order chi connectivity index (χ0) is 25.1. The third kappa shape index (κ3) is 4.92. The standard InChI is InChI=1S/C29H30N2O4/c1-5-35-24-8-6-7-20(17-24)18-31-26(21-13-15-23(16-14-21)30(3)4)25(28(33)29(31)34)27(32)22-11-9-19(2)10-12-22/h6-17,26,32H,5,18H2,1-4H3/b27-25-. The SMILES string of the molecule is CCOc1cccc(CN2C(=O)C(=O)/C(=C(\O)c3ccc(C)cc3)C2c2ccc(N(C)C)cc2)c1. The number of hydrogen-bond acceptors (Lipinski definition) is 5. The van der Waals surface area contributed by atoms with E-state index >= 15 is 0 Å². The average molecular weight is 471 g/mol. The Hall–Kier alpha value is -4.06. The zero-order valence-corrected chi connectivity index (χ0v) is 20.5. The van der Waals surface area contributed by atoms with Crippen LogP contribution < -0.4 is 9.64 Å². The molecule has 1 aliphatic heterocycles. The van der Waals surface area contributed by atoms with E-state index in [2.05, 4.69) is 0 Å². The first-order chi connectivity index (χ1) is 16.8.